The van der Waals surface area contributed by atoms with Crippen LogP contribution in [0.5, 0.6) is 0 Å². The predicted molar refractivity (Wildman–Crippen MR) is 105 cm³/mol. The van der Waals surface area contributed by atoms with Crippen LogP contribution in [0.2, 0.25) is 0 Å². The largest absolute Gasteiger partial charge is 0.332 e. The summed E-state index contributed by atoms with van der Waals surface area (Å²) in [6, 6.07) is 11.6. The molecule has 0 aliphatic rings. The molecule has 8 nitrogen and oxygen atoms in total. The van der Waals surface area contributed by atoms with Crippen LogP contribution in [0.4, 0.5) is 0 Å². The van der Waals surface area contributed by atoms with Crippen LogP contribution in [-0.2, 0) is 19.5 Å². The Morgan fingerprint density at radius 2 is 1.96 bits per heavy atom. The Bertz CT molecular complexity index is 1070. The normalized spacial score (nSPS) is 10.8. The number of H-pyrrole nitrogens is 2. The Labute approximate surface area is 161 Å². The highest BCUT2D eigenvalue weighted by Gasteiger charge is 2.21. The van der Waals surface area contributed by atoms with E-state index in [1.165, 1.54) is 6.20 Å². The van der Waals surface area contributed by atoms with Crippen molar-refractivity contribution in [3.05, 3.63) is 85.9 Å². The zero-order valence-electron chi connectivity index (χ0n) is 15.9. The summed E-state index contributed by atoms with van der Waals surface area (Å²) in [4.78, 5) is 42.9. The van der Waals surface area contributed by atoms with Gasteiger partial charge in [0.2, 0.25) is 0 Å². The second kappa shape index (κ2) is 8.51. The van der Waals surface area contributed by atoms with Crippen molar-refractivity contribution < 1.29 is 4.79 Å². The number of carbonyl (C=O) groups excluding carboxylic acids is 1. The van der Waals surface area contributed by atoms with E-state index in [2.05, 4.69) is 15.1 Å². The lowest BCUT2D eigenvalue weighted by atomic mass is 10.1. The SMILES string of the molecule is CCn1nc(C)cc1C(=O)N(CCc1ccccc1)Cc1c[nH]c(=O)[nH]c1=O. The number of nitrogens with one attached hydrogen (secondary N) is 2. The third-order valence-electron chi connectivity index (χ3n) is 4.48. The molecule has 0 atom stereocenters. The molecule has 0 aliphatic heterocycles. The average molecular weight is 381 g/mol. The highest BCUT2D eigenvalue weighted by Crippen LogP contribution is 2.12. The molecule has 0 fully saturated rings. The van der Waals surface area contributed by atoms with E-state index in [1.807, 2.05) is 44.2 Å². The molecule has 0 aliphatic carbocycles. The Hall–Kier alpha value is -3.42. The first kappa shape index (κ1) is 19.3. The van der Waals surface area contributed by atoms with Crippen molar-refractivity contribution in [1.82, 2.24) is 24.6 Å². The summed E-state index contributed by atoms with van der Waals surface area (Å²) < 4.78 is 1.66. The molecular formula is C20H23N5O3. The number of hydrogen-bond acceptors (Lipinski definition) is 4. The molecule has 3 aromatic rings. The highest BCUT2D eigenvalue weighted by atomic mass is 16.2. The second-order valence-corrected chi connectivity index (χ2v) is 6.55. The molecule has 0 saturated heterocycles. The number of hydrogen-bond donors (Lipinski definition) is 2. The summed E-state index contributed by atoms with van der Waals surface area (Å²) in [5.74, 6) is -0.205. The summed E-state index contributed by atoms with van der Waals surface area (Å²) in [6.07, 6.45) is 2.00. The van der Waals surface area contributed by atoms with Gasteiger partial charge in [-0.2, -0.15) is 5.10 Å². The third-order valence-corrected chi connectivity index (χ3v) is 4.48. The Kier molecular flexibility index (Phi) is 5.88. The van der Waals surface area contributed by atoms with Gasteiger partial charge in [-0.1, -0.05) is 30.3 Å². The number of benzene rings is 1. The first-order valence-electron chi connectivity index (χ1n) is 9.16. The minimum atomic E-state index is -0.574. The molecule has 8 heteroatoms. The lowest BCUT2D eigenvalue weighted by Crippen LogP contribution is -2.37. The maximum absolute atomic E-state index is 13.2. The molecular weight excluding hydrogens is 358 g/mol. The first-order valence-corrected chi connectivity index (χ1v) is 9.16. The predicted octanol–water partition coefficient (Wildman–Crippen LogP) is 1.47. The van der Waals surface area contributed by atoms with Gasteiger partial charge in [0.05, 0.1) is 17.8 Å². The van der Waals surface area contributed by atoms with Crippen molar-refractivity contribution in [1.29, 1.82) is 0 Å². The van der Waals surface area contributed by atoms with Crippen LogP contribution >= 0.6 is 0 Å². The molecule has 0 radical (unpaired) electrons. The van der Waals surface area contributed by atoms with Crippen LogP contribution in [0.15, 0.2) is 52.2 Å². The maximum atomic E-state index is 13.2. The van der Waals surface area contributed by atoms with Crippen molar-refractivity contribution in [3.63, 3.8) is 0 Å². The Morgan fingerprint density at radius 1 is 1.21 bits per heavy atom. The standard InChI is InChI=1S/C20H23N5O3/c1-3-25-17(11-14(2)23-25)19(27)24(10-9-15-7-5-4-6-8-15)13-16-12-21-20(28)22-18(16)26/h4-8,11-12H,3,9-10,13H2,1-2H3,(H2,21,22,26,28). The van der Waals surface area contributed by atoms with E-state index >= 15 is 0 Å². The van der Waals surface area contributed by atoms with Crippen LogP contribution in [0.25, 0.3) is 0 Å². The first-order chi connectivity index (χ1) is 13.5. The van der Waals surface area contributed by atoms with E-state index in [0.29, 0.717) is 30.8 Å². The Balaban J connectivity index is 1.89. The van der Waals surface area contributed by atoms with Gasteiger partial charge >= 0.3 is 5.69 Å². The molecule has 0 unspecified atom stereocenters. The number of aromatic nitrogens is 4. The summed E-state index contributed by atoms with van der Waals surface area (Å²) in [5.41, 5.74) is 1.58. The fourth-order valence-corrected chi connectivity index (χ4v) is 3.04. The summed E-state index contributed by atoms with van der Waals surface area (Å²) >= 11 is 0. The third kappa shape index (κ3) is 4.46. The fraction of sp³-hybridized carbons (Fsp3) is 0.300. The van der Waals surface area contributed by atoms with E-state index < -0.39 is 11.2 Å². The summed E-state index contributed by atoms with van der Waals surface area (Å²) in [5, 5.41) is 4.34. The lowest BCUT2D eigenvalue weighted by Gasteiger charge is -2.23. The van der Waals surface area contributed by atoms with E-state index in [-0.39, 0.29) is 12.5 Å². The van der Waals surface area contributed by atoms with Crippen molar-refractivity contribution in [2.75, 3.05) is 6.54 Å². The van der Waals surface area contributed by atoms with Gasteiger partial charge in [0.1, 0.15) is 5.69 Å². The number of nitrogens with zero attached hydrogens (tertiary/aromatic N) is 3. The molecule has 2 aromatic heterocycles. The number of aryl methyl sites for hydroxylation is 2. The molecule has 3 rings (SSSR count). The molecule has 1 aromatic carbocycles. The summed E-state index contributed by atoms with van der Waals surface area (Å²) in [7, 11) is 0. The van der Waals surface area contributed by atoms with Crippen LogP contribution < -0.4 is 11.2 Å². The fourth-order valence-electron chi connectivity index (χ4n) is 3.04. The highest BCUT2D eigenvalue weighted by molar-refractivity contribution is 5.92. The minimum absolute atomic E-state index is 0.0890. The van der Waals surface area contributed by atoms with Crippen molar-refractivity contribution >= 4 is 5.91 Å². The average Bonchev–Trinajstić information content (AvgIpc) is 3.08. The van der Waals surface area contributed by atoms with Gasteiger partial charge < -0.3 is 9.88 Å². The molecule has 2 N–H and O–H groups in total. The smallest absolute Gasteiger partial charge is 0.325 e. The number of carbonyl (C=O) groups is 1. The summed E-state index contributed by atoms with van der Waals surface area (Å²) in [6.45, 7) is 4.84. The van der Waals surface area contributed by atoms with Gasteiger partial charge in [0, 0.05) is 19.3 Å². The Morgan fingerprint density at radius 3 is 2.64 bits per heavy atom. The molecule has 0 bridgehead atoms. The van der Waals surface area contributed by atoms with E-state index in [4.69, 9.17) is 0 Å². The van der Waals surface area contributed by atoms with Crippen LogP contribution in [-0.4, -0.2) is 37.1 Å². The molecule has 0 spiro atoms. The zero-order valence-corrected chi connectivity index (χ0v) is 15.9. The quantitative estimate of drug-likeness (QED) is 0.647. The van der Waals surface area contributed by atoms with Gasteiger partial charge in [-0.25, -0.2) is 4.79 Å². The molecule has 1 amide bonds. The van der Waals surface area contributed by atoms with Gasteiger partial charge in [0.25, 0.3) is 11.5 Å². The number of rotatable bonds is 7. The van der Waals surface area contributed by atoms with E-state index in [1.54, 1.807) is 15.6 Å². The van der Waals surface area contributed by atoms with Crippen LogP contribution in [0, 0.1) is 6.92 Å². The topological polar surface area (TPSA) is 104 Å². The lowest BCUT2D eigenvalue weighted by molar-refractivity contribution is 0.0731. The van der Waals surface area contributed by atoms with E-state index in [0.717, 1.165) is 11.3 Å². The molecule has 28 heavy (non-hydrogen) atoms. The van der Waals surface area contributed by atoms with Gasteiger partial charge in [0.15, 0.2) is 0 Å². The van der Waals surface area contributed by atoms with Crippen molar-refractivity contribution in [2.45, 2.75) is 33.4 Å². The van der Waals surface area contributed by atoms with E-state index in [9.17, 15) is 14.4 Å². The van der Waals surface area contributed by atoms with Crippen molar-refractivity contribution in [2.24, 2.45) is 0 Å². The maximum Gasteiger partial charge on any atom is 0.325 e. The minimum Gasteiger partial charge on any atom is -0.332 e. The van der Waals surface area contributed by atoms with Gasteiger partial charge in [-0.15, -0.1) is 0 Å². The van der Waals surface area contributed by atoms with Crippen LogP contribution in [0.3, 0.4) is 0 Å². The van der Waals surface area contributed by atoms with Crippen molar-refractivity contribution in [3.8, 4) is 0 Å². The van der Waals surface area contributed by atoms with Crippen LogP contribution in [0.1, 0.15) is 34.2 Å². The number of aromatic amines is 2. The number of amides is 1. The zero-order chi connectivity index (χ0) is 20.1. The second-order valence-electron chi connectivity index (χ2n) is 6.55. The molecule has 0 saturated carbocycles. The van der Waals surface area contributed by atoms with Gasteiger partial charge in [-0.3, -0.25) is 19.3 Å². The molecule has 146 valence electrons. The monoisotopic (exact) mass is 381 g/mol. The van der Waals surface area contributed by atoms with Gasteiger partial charge in [-0.05, 0) is 31.9 Å². The molecule has 2 heterocycles.